The first-order valence-electron chi connectivity index (χ1n) is 13.8. The summed E-state index contributed by atoms with van der Waals surface area (Å²) in [6, 6.07) is 5.55. The van der Waals surface area contributed by atoms with Crippen LogP contribution in [0.5, 0.6) is 0 Å². The molecule has 1 aliphatic rings. The van der Waals surface area contributed by atoms with E-state index in [1.807, 2.05) is 4.90 Å². The van der Waals surface area contributed by atoms with Crippen LogP contribution >= 0.6 is 0 Å². The highest BCUT2D eigenvalue weighted by Gasteiger charge is 2.22. The molecular formula is C30H34FN7O6. The molecule has 0 aliphatic carbocycles. The van der Waals surface area contributed by atoms with Gasteiger partial charge in [-0.1, -0.05) is 0 Å². The molecule has 232 valence electrons. The van der Waals surface area contributed by atoms with Crippen LogP contribution in [0.4, 0.5) is 21.5 Å². The van der Waals surface area contributed by atoms with E-state index >= 15 is 0 Å². The van der Waals surface area contributed by atoms with Gasteiger partial charge in [0.1, 0.15) is 18.0 Å². The fourth-order valence-corrected chi connectivity index (χ4v) is 4.82. The van der Waals surface area contributed by atoms with E-state index in [0.717, 1.165) is 6.07 Å². The lowest BCUT2D eigenvalue weighted by molar-refractivity contribution is -0.112. The molecule has 14 heteroatoms. The molecule has 2 aromatic carbocycles. The number of carbonyl (C=O) groups is 3. The van der Waals surface area contributed by atoms with Crippen molar-refractivity contribution in [1.82, 2.24) is 9.55 Å². The molecule has 2 heterocycles. The summed E-state index contributed by atoms with van der Waals surface area (Å²) in [6.45, 7) is 1.97. The van der Waals surface area contributed by atoms with Gasteiger partial charge in [0.25, 0.3) is 5.91 Å². The van der Waals surface area contributed by atoms with Gasteiger partial charge < -0.3 is 42.0 Å². The summed E-state index contributed by atoms with van der Waals surface area (Å²) in [5, 5.41) is 24.8. The van der Waals surface area contributed by atoms with Gasteiger partial charge in [0, 0.05) is 38.2 Å². The second-order valence-electron chi connectivity index (χ2n) is 9.97. The number of morpholine rings is 1. The fraction of sp³-hybridized carbons (Fsp3) is 0.267. The van der Waals surface area contributed by atoms with Crippen LogP contribution in [-0.2, 0) is 22.4 Å². The Bertz CT molecular complexity index is 1600. The van der Waals surface area contributed by atoms with Gasteiger partial charge in [0.05, 0.1) is 41.4 Å². The summed E-state index contributed by atoms with van der Waals surface area (Å²) in [7, 11) is 1.52. The third-order valence-electron chi connectivity index (χ3n) is 7.13. The van der Waals surface area contributed by atoms with Crippen LogP contribution in [0.3, 0.4) is 0 Å². The van der Waals surface area contributed by atoms with Crippen molar-refractivity contribution in [3.63, 3.8) is 0 Å². The average Bonchev–Trinajstić information content (AvgIpc) is 3.56. The Morgan fingerprint density at radius 1 is 1.00 bits per heavy atom. The quantitative estimate of drug-likeness (QED) is 0.131. The van der Waals surface area contributed by atoms with Crippen molar-refractivity contribution in [2.24, 2.45) is 11.5 Å². The summed E-state index contributed by atoms with van der Waals surface area (Å²) in [5.41, 5.74) is 13.3. The first-order chi connectivity index (χ1) is 21.1. The van der Waals surface area contributed by atoms with Gasteiger partial charge in [-0.2, -0.15) is 0 Å². The summed E-state index contributed by atoms with van der Waals surface area (Å²) >= 11 is 0. The number of nitrogens with one attached hydrogen (secondary N) is 2. The van der Waals surface area contributed by atoms with Crippen molar-refractivity contribution >= 4 is 40.7 Å². The van der Waals surface area contributed by atoms with Crippen LogP contribution in [0.15, 0.2) is 60.8 Å². The van der Waals surface area contributed by atoms with Crippen molar-refractivity contribution in [2.45, 2.75) is 19.3 Å². The maximum absolute atomic E-state index is 14.8. The smallest absolute Gasteiger partial charge is 0.337 e. The molecule has 1 aliphatic heterocycles. The molecule has 0 unspecified atom stereocenters. The maximum atomic E-state index is 14.8. The Hall–Kier alpha value is -5.37. The number of hydrogen-bond acceptors (Lipinski definition) is 9. The number of amides is 1. The number of carbonyl (C=O) groups excluding carboxylic acids is 1. The number of allylic oxidation sites excluding steroid dienone is 2. The maximum Gasteiger partial charge on any atom is 0.337 e. The Balaban J connectivity index is 1.62. The number of aromatic carboxylic acids is 2. The van der Waals surface area contributed by atoms with Gasteiger partial charge in [-0.3, -0.25) is 9.36 Å². The molecule has 0 bridgehead atoms. The van der Waals surface area contributed by atoms with Crippen LogP contribution in [-0.4, -0.2) is 71.0 Å². The number of aryl methyl sites for hydroxylation is 2. The molecule has 1 amide bonds. The molecule has 1 fully saturated rings. The number of halogens is 1. The minimum atomic E-state index is -1.25. The van der Waals surface area contributed by atoms with Gasteiger partial charge in [-0.25, -0.2) is 19.0 Å². The number of imidazole rings is 1. The molecular weight excluding hydrogens is 573 g/mol. The van der Waals surface area contributed by atoms with Crippen LogP contribution in [0, 0.1) is 5.82 Å². The molecule has 8 N–H and O–H groups in total. The van der Waals surface area contributed by atoms with Crippen molar-refractivity contribution in [1.29, 1.82) is 0 Å². The molecule has 0 atom stereocenters. The fourth-order valence-electron chi connectivity index (χ4n) is 4.82. The number of aromatic nitrogens is 2. The third kappa shape index (κ3) is 7.52. The molecule has 0 radical (unpaired) electrons. The van der Waals surface area contributed by atoms with Crippen LogP contribution in [0.1, 0.15) is 38.3 Å². The average molecular weight is 608 g/mol. The second-order valence-corrected chi connectivity index (χ2v) is 9.97. The third-order valence-corrected chi connectivity index (χ3v) is 7.13. The van der Waals surface area contributed by atoms with Crippen molar-refractivity contribution in [3.8, 4) is 0 Å². The van der Waals surface area contributed by atoms with Crippen LogP contribution in [0.25, 0.3) is 5.82 Å². The number of carboxylic acid groups (broad SMARTS) is 2. The second kappa shape index (κ2) is 14.2. The van der Waals surface area contributed by atoms with E-state index in [1.54, 1.807) is 12.3 Å². The van der Waals surface area contributed by atoms with E-state index in [0.29, 0.717) is 50.4 Å². The molecule has 44 heavy (non-hydrogen) atoms. The highest BCUT2D eigenvalue weighted by Crippen LogP contribution is 2.31. The van der Waals surface area contributed by atoms with Gasteiger partial charge in [-0.15, -0.1) is 0 Å². The van der Waals surface area contributed by atoms with Crippen molar-refractivity contribution in [2.75, 3.05) is 48.9 Å². The van der Waals surface area contributed by atoms with E-state index in [2.05, 4.69) is 15.6 Å². The molecule has 13 nitrogen and oxygen atoms in total. The standard InChI is InChI=1S/C30H34FN7O6/c1-34-24-16-22(31)18(13-20(24)29(40)41)3-2-4-19-14-25(21(30(42)43)15-26(19)37-9-11-44-12-10-37)36-28(39)23(32)5-6-27(33)38-8-7-35-17-38/h5-8,13-17,34H,2-4,9-12,32-33H2,1H3,(H,36,39)(H,40,41)(H,42,43)/b23-5-,27-6+. The van der Waals surface area contributed by atoms with Crippen molar-refractivity contribution in [3.05, 3.63) is 88.9 Å². The Morgan fingerprint density at radius 2 is 1.68 bits per heavy atom. The van der Waals surface area contributed by atoms with Crippen LogP contribution < -0.4 is 27.0 Å². The number of benzene rings is 2. The SMILES string of the molecule is CNc1cc(F)c(CCCc2cc(NC(=O)/C(N)=C/C=C(\N)n3ccnc3)c(C(=O)O)cc2N2CCOCC2)cc1C(=O)O. The summed E-state index contributed by atoms with van der Waals surface area (Å²) in [6.07, 6.45) is 8.35. The number of carboxylic acids is 2. The number of anilines is 3. The first kappa shape index (κ1) is 31.6. The number of hydrogen-bond donors (Lipinski definition) is 6. The lowest BCUT2D eigenvalue weighted by Gasteiger charge is -2.31. The van der Waals surface area contributed by atoms with E-state index < -0.39 is 23.7 Å². The summed E-state index contributed by atoms with van der Waals surface area (Å²) in [4.78, 5) is 42.8. The highest BCUT2D eigenvalue weighted by molar-refractivity contribution is 6.07. The number of ether oxygens (including phenoxy) is 1. The molecule has 1 aromatic heterocycles. The van der Waals surface area contributed by atoms with Gasteiger partial charge in [0.2, 0.25) is 0 Å². The predicted octanol–water partition coefficient (Wildman–Crippen LogP) is 2.71. The molecule has 3 aromatic rings. The summed E-state index contributed by atoms with van der Waals surface area (Å²) < 4.78 is 21.8. The number of nitrogens with zero attached hydrogens (tertiary/aromatic N) is 3. The minimum absolute atomic E-state index is 0.0372. The zero-order valence-corrected chi connectivity index (χ0v) is 24.0. The number of rotatable bonds is 12. The molecule has 0 spiro atoms. The zero-order chi connectivity index (χ0) is 31.8. The van der Waals surface area contributed by atoms with Crippen LogP contribution in [0.2, 0.25) is 0 Å². The van der Waals surface area contributed by atoms with Gasteiger partial charge in [0.15, 0.2) is 0 Å². The monoisotopic (exact) mass is 607 g/mol. The van der Waals surface area contributed by atoms with E-state index in [4.69, 9.17) is 16.2 Å². The minimum Gasteiger partial charge on any atom is -0.478 e. The lowest BCUT2D eigenvalue weighted by Crippen LogP contribution is -2.37. The van der Waals surface area contributed by atoms with E-state index in [9.17, 15) is 29.0 Å². The molecule has 0 saturated carbocycles. The normalized spacial score (nSPS) is 13.9. The topological polar surface area (TPSA) is 198 Å². The number of nitrogens with two attached hydrogens (primary N) is 2. The Labute approximate surface area is 252 Å². The highest BCUT2D eigenvalue weighted by atomic mass is 19.1. The lowest BCUT2D eigenvalue weighted by atomic mass is 9.97. The zero-order valence-electron chi connectivity index (χ0n) is 24.0. The molecule has 1 saturated heterocycles. The van der Waals surface area contributed by atoms with E-state index in [1.165, 1.54) is 48.4 Å². The summed E-state index contributed by atoms with van der Waals surface area (Å²) in [5.74, 6) is -3.44. The Kier molecular flexibility index (Phi) is 10.2. The predicted molar refractivity (Wildman–Crippen MR) is 163 cm³/mol. The van der Waals surface area contributed by atoms with Gasteiger partial charge in [-0.05, 0) is 66.8 Å². The van der Waals surface area contributed by atoms with E-state index in [-0.39, 0.29) is 46.0 Å². The Morgan fingerprint density at radius 3 is 2.32 bits per heavy atom. The van der Waals surface area contributed by atoms with Gasteiger partial charge >= 0.3 is 11.9 Å². The molecule has 4 rings (SSSR count). The largest absolute Gasteiger partial charge is 0.478 e. The first-order valence-corrected chi connectivity index (χ1v) is 13.8. The van der Waals surface area contributed by atoms with Crippen molar-refractivity contribution < 1.29 is 33.7 Å².